The molecule has 51 heavy (non-hydrogen) atoms. The van der Waals surface area contributed by atoms with Crippen LogP contribution in [0.25, 0.3) is 11.1 Å². The number of para-hydroxylation sites is 1. The Labute approximate surface area is 311 Å². The van der Waals surface area contributed by atoms with Crippen LogP contribution in [0.15, 0.2) is 103 Å². The van der Waals surface area contributed by atoms with Crippen molar-refractivity contribution in [1.29, 1.82) is 0 Å². The Balaban J connectivity index is 0.000000198. The van der Waals surface area contributed by atoms with Crippen molar-refractivity contribution in [1.82, 2.24) is 0 Å². The Bertz CT molecular complexity index is 1830. The molecule has 0 aromatic heterocycles. The lowest BCUT2D eigenvalue weighted by Gasteiger charge is -2.37. The van der Waals surface area contributed by atoms with Crippen LogP contribution >= 0.6 is 0 Å². The fourth-order valence-corrected chi connectivity index (χ4v) is 8.14. The molecule has 0 aliphatic heterocycles. The van der Waals surface area contributed by atoms with E-state index in [2.05, 4.69) is 191 Å². The van der Waals surface area contributed by atoms with Gasteiger partial charge in [-0.1, -0.05) is 157 Å². The first-order valence-corrected chi connectivity index (χ1v) is 19.4. The van der Waals surface area contributed by atoms with Gasteiger partial charge < -0.3 is 4.90 Å². The molecule has 6 rings (SSSR count). The molecule has 0 saturated heterocycles. The lowest BCUT2D eigenvalue weighted by atomic mass is 9.66. The van der Waals surface area contributed by atoms with E-state index in [0.29, 0.717) is 0 Å². The van der Waals surface area contributed by atoms with E-state index >= 15 is 0 Å². The van der Waals surface area contributed by atoms with Crippen LogP contribution in [-0.4, -0.2) is 0 Å². The zero-order valence-corrected chi connectivity index (χ0v) is 33.7. The molecule has 0 radical (unpaired) electrons. The van der Waals surface area contributed by atoms with Gasteiger partial charge in [-0.3, -0.25) is 0 Å². The third kappa shape index (κ3) is 8.19. The molecule has 1 nitrogen and oxygen atoms in total. The van der Waals surface area contributed by atoms with Crippen LogP contribution in [0, 0.1) is 46.5 Å². The molecule has 2 unspecified atom stereocenters. The molecule has 0 N–H and O–H groups in total. The van der Waals surface area contributed by atoms with E-state index in [0.717, 1.165) is 11.8 Å². The van der Waals surface area contributed by atoms with Gasteiger partial charge in [0, 0.05) is 16.8 Å². The predicted octanol–water partition coefficient (Wildman–Crippen LogP) is 14.8. The second-order valence-electron chi connectivity index (χ2n) is 16.8. The van der Waals surface area contributed by atoms with E-state index in [4.69, 9.17) is 0 Å². The van der Waals surface area contributed by atoms with Crippen molar-refractivity contribution < 1.29 is 0 Å². The standard InChI is InChI=1S/C25H29N.C25H34/c1-18-12-14-23(15-13-18)26(22-10-8-7-9-11-22)24-19(2)16-21(17-20(24)3)25(4,5)6;1-7-17(3)15-25(16-18(4)8-2)23-13-19(5)9-11-21(23)22-12-10-20(6)14-24(22)25/h7-17H,1-6H3;9-14,17-18H,7-8,15-16H2,1-6H3. The highest BCUT2D eigenvalue weighted by atomic mass is 15.1. The van der Waals surface area contributed by atoms with Crippen LogP contribution in [0.1, 0.15) is 119 Å². The van der Waals surface area contributed by atoms with Gasteiger partial charge in [-0.2, -0.15) is 0 Å². The van der Waals surface area contributed by atoms with Crippen LogP contribution in [0.5, 0.6) is 0 Å². The molecule has 1 aliphatic carbocycles. The van der Waals surface area contributed by atoms with E-state index in [1.807, 2.05) is 0 Å². The number of anilines is 3. The summed E-state index contributed by atoms with van der Waals surface area (Å²) in [6.45, 7) is 27.4. The van der Waals surface area contributed by atoms with Crippen molar-refractivity contribution in [2.75, 3.05) is 4.90 Å². The number of benzene rings is 5. The molecule has 0 spiro atoms. The van der Waals surface area contributed by atoms with Crippen LogP contribution in [0.4, 0.5) is 17.1 Å². The lowest BCUT2D eigenvalue weighted by Crippen LogP contribution is -2.30. The molecule has 5 aromatic carbocycles. The van der Waals surface area contributed by atoms with Gasteiger partial charge >= 0.3 is 0 Å². The molecular weight excluding hydrogens is 615 g/mol. The van der Waals surface area contributed by atoms with E-state index < -0.39 is 0 Å². The topological polar surface area (TPSA) is 3.24 Å². The number of hydrogen-bond donors (Lipinski definition) is 0. The molecular formula is C50H63N. The molecule has 1 heteroatoms. The van der Waals surface area contributed by atoms with E-state index in [1.165, 1.54) is 87.3 Å². The van der Waals surface area contributed by atoms with E-state index in [1.54, 1.807) is 11.1 Å². The predicted molar refractivity (Wildman–Crippen MR) is 224 cm³/mol. The van der Waals surface area contributed by atoms with Crippen LogP contribution in [0.3, 0.4) is 0 Å². The fourth-order valence-electron chi connectivity index (χ4n) is 8.14. The minimum atomic E-state index is 0.148. The Morgan fingerprint density at radius 1 is 0.549 bits per heavy atom. The minimum Gasteiger partial charge on any atom is -0.310 e. The third-order valence-corrected chi connectivity index (χ3v) is 11.3. The fraction of sp³-hybridized carbons (Fsp3) is 0.400. The maximum Gasteiger partial charge on any atom is 0.0520 e. The van der Waals surface area contributed by atoms with Gasteiger partial charge in [0.25, 0.3) is 0 Å². The second kappa shape index (κ2) is 15.6. The van der Waals surface area contributed by atoms with Crippen molar-refractivity contribution in [3.8, 4) is 11.1 Å². The van der Waals surface area contributed by atoms with Crippen molar-refractivity contribution in [2.24, 2.45) is 11.8 Å². The molecule has 2 atom stereocenters. The Morgan fingerprint density at radius 2 is 0.980 bits per heavy atom. The Hall–Kier alpha value is -4.10. The minimum absolute atomic E-state index is 0.148. The van der Waals surface area contributed by atoms with Crippen LogP contribution in [-0.2, 0) is 10.8 Å². The first-order chi connectivity index (χ1) is 24.2. The molecule has 268 valence electrons. The summed E-state index contributed by atoms with van der Waals surface area (Å²) in [5, 5.41) is 0. The number of hydrogen-bond acceptors (Lipinski definition) is 1. The summed E-state index contributed by atoms with van der Waals surface area (Å²) in [4.78, 5) is 2.37. The molecule has 0 fully saturated rings. The van der Waals surface area contributed by atoms with Crippen LogP contribution < -0.4 is 4.90 Å². The Kier molecular flexibility index (Phi) is 11.7. The lowest BCUT2D eigenvalue weighted by molar-refractivity contribution is 0.308. The highest BCUT2D eigenvalue weighted by Crippen LogP contribution is 2.55. The summed E-state index contributed by atoms with van der Waals surface area (Å²) in [6, 6.07) is 38.3. The van der Waals surface area contributed by atoms with Gasteiger partial charge in [0.1, 0.15) is 0 Å². The number of aryl methyl sites for hydroxylation is 5. The van der Waals surface area contributed by atoms with Crippen molar-refractivity contribution in [3.05, 3.63) is 148 Å². The van der Waals surface area contributed by atoms with Crippen LogP contribution in [0.2, 0.25) is 0 Å². The largest absolute Gasteiger partial charge is 0.310 e. The van der Waals surface area contributed by atoms with Crippen molar-refractivity contribution >= 4 is 17.1 Å². The quantitative estimate of drug-likeness (QED) is 0.150. The van der Waals surface area contributed by atoms with Crippen molar-refractivity contribution in [3.63, 3.8) is 0 Å². The highest BCUT2D eigenvalue weighted by molar-refractivity contribution is 5.82. The van der Waals surface area contributed by atoms with E-state index in [9.17, 15) is 0 Å². The first kappa shape index (κ1) is 38.1. The van der Waals surface area contributed by atoms with Gasteiger partial charge in [0.15, 0.2) is 0 Å². The van der Waals surface area contributed by atoms with Gasteiger partial charge in [-0.05, 0) is 128 Å². The van der Waals surface area contributed by atoms with Gasteiger partial charge in [-0.25, -0.2) is 0 Å². The zero-order valence-electron chi connectivity index (χ0n) is 33.7. The smallest absolute Gasteiger partial charge is 0.0520 e. The maximum atomic E-state index is 2.48. The number of fused-ring (bicyclic) bond motifs is 3. The SMILES string of the molecule is CCC(C)CC1(CC(C)CC)c2cc(C)ccc2-c2ccc(C)cc21.Cc1ccc(N(c2ccccc2)c2c(C)cc(C(C)(C)C)cc2C)cc1. The van der Waals surface area contributed by atoms with E-state index in [-0.39, 0.29) is 10.8 Å². The molecule has 1 aliphatic rings. The molecule has 0 saturated carbocycles. The molecule has 0 heterocycles. The second-order valence-corrected chi connectivity index (χ2v) is 16.8. The highest BCUT2D eigenvalue weighted by Gasteiger charge is 2.44. The summed E-state index contributed by atoms with van der Waals surface area (Å²) in [7, 11) is 0. The van der Waals surface area contributed by atoms with Crippen molar-refractivity contribution in [2.45, 2.75) is 120 Å². The summed E-state index contributed by atoms with van der Waals surface area (Å²) >= 11 is 0. The summed E-state index contributed by atoms with van der Waals surface area (Å²) < 4.78 is 0. The normalized spacial score (nSPS) is 14.2. The number of nitrogens with zero attached hydrogens (tertiary/aromatic N) is 1. The monoisotopic (exact) mass is 677 g/mol. The zero-order chi connectivity index (χ0) is 37.1. The average Bonchev–Trinajstić information content (AvgIpc) is 3.34. The summed E-state index contributed by atoms with van der Waals surface area (Å²) in [6.07, 6.45) is 5.04. The molecule has 5 aromatic rings. The maximum absolute atomic E-state index is 2.48. The molecule has 0 bridgehead atoms. The average molecular weight is 678 g/mol. The van der Waals surface area contributed by atoms with Gasteiger partial charge in [0.05, 0.1) is 5.69 Å². The summed E-state index contributed by atoms with van der Waals surface area (Å²) in [5.74, 6) is 1.48. The summed E-state index contributed by atoms with van der Waals surface area (Å²) in [5.41, 5.74) is 18.2. The van der Waals surface area contributed by atoms with Gasteiger partial charge in [-0.15, -0.1) is 0 Å². The van der Waals surface area contributed by atoms with Gasteiger partial charge in [0.2, 0.25) is 0 Å². The Morgan fingerprint density at radius 3 is 1.41 bits per heavy atom. The third-order valence-electron chi connectivity index (χ3n) is 11.3. The molecule has 0 amide bonds. The number of rotatable bonds is 9. The first-order valence-electron chi connectivity index (χ1n) is 19.4.